The first-order chi connectivity index (χ1) is 14.4. The molecule has 1 saturated heterocycles. The van der Waals surface area contributed by atoms with Gasteiger partial charge in [0.1, 0.15) is 17.3 Å². The number of hydrogen-bond acceptors (Lipinski definition) is 5. The van der Waals surface area contributed by atoms with E-state index in [1.807, 2.05) is 4.90 Å². The largest absolute Gasteiger partial charge is 0.451 e. The molecule has 0 radical (unpaired) electrons. The van der Waals surface area contributed by atoms with Gasteiger partial charge in [-0.1, -0.05) is 11.6 Å². The number of benzene rings is 2. The van der Waals surface area contributed by atoms with Gasteiger partial charge in [-0.2, -0.15) is 0 Å². The molecule has 1 aliphatic heterocycles. The van der Waals surface area contributed by atoms with E-state index in [2.05, 4.69) is 0 Å². The van der Waals surface area contributed by atoms with Crippen molar-refractivity contribution >= 4 is 28.9 Å². The zero-order valence-electron chi connectivity index (χ0n) is 15.8. The van der Waals surface area contributed by atoms with E-state index in [4.69, 9.17) is 16.0 Å². The smallest absolute Gasteiger partial charge is 0.294 e. The van der Waals surface area contributed by atoms with Crippen molar-refractivity contribution in [1.82, 2.24) is 4.90 Å². The first kappa shape index (κ1) is 19.9. The van der Waals surface area contributed by atoms with Crippen LogP contribution in [0.3, 0.4) is 0 Å². The molecule has 0 aliphatic carbocycles. The molecule has 1 aromatic heterocycles. The number of carbonyl (C=O) groups excluding carboxylic acids is 1. The van der Waals surface area contributed by atoms with E-state index in [0.29, 0.717) is 48.2 Å². The minimum Gasteiger partial charge on any atom is -0.451 e. The molecule has 0 unspecified atom stereocenters. The lowest BCUT2D eigenvalue weighted by atomic mass is 10.2. The Morgan fingerprint density at radius 2 is 1.73 bits per heavy atom. The van der Waals surface area contributed by atoms with E-state index in [1.165, 1.54) is 18.2 Å². The van der Waals surface area contributed by atoms with Gasteiger partial charge in [-0.15, -0.1) is 0 Å². The SMILES string of the molecule is O=C(c1ccc(-c2ccc(F)cc2)o1)N1CCN(c2ccc(Cl)cc2[N+](=O)[O-])CC1. The van der Waals surface area contributed by atoms with Crippen LogP contribution < -0.4 is 4.90 Å². The Balaban J connectivity index is 1.44. The average Bonchev–Trinajstić information content (AvgIpc) is 3.24. The normalized spacial score (nSPS) is 14.1. The summed E-state index contributed by atoms with van der Waals surface area (Å²) in [5, 5.41) is 11.6. The Bertz CT molecular complexity index is 1090. The molecule has 30 heavy (non-hydrogen) atoms. The van der Waals surface area contributed by atoms with Crippen LogP contribution in [-0.4, -0.2) is 41.9 Å². The predicted molar refractivity (Wildman–Crippen MR) is 110 cm³/mol. The van der Waals surface area contributed by atoms with Gasteiger partial charge in [0.15, 0.2) is 5.76 Å². The first-order valence-electron chi connectivity index (χ1n) is 9.26. The molecule has 2 heterocycles. The summed E-state index contributed by atoms with van der Waals surface area (Å²) in [6.07, 6.45) is 0. The maximum Gasteiger partial charge on any atom is 0.294 e. The molecule has 3 aromatic rings. The fourth-order valence-corrected chi connectivity index (χ4v) is 3.60. The van der Waals surface area contributed by atoms with Crippen molar-refractivity contribution in [3.63, 3.8) is 0 Å². The van der Waals surface area contributed by atoms with Gasteiger partial charge in [0.05, 0.1) is 4.92 Å². The summed E-state index contributed by atoms with van der Waals surface area (Å²) in [5.41, 5.74) is 1.10. The molecule has 0 saturated carbocycles. The quantitative estimate of drug-likeness (QED) is 0.447. The number of halogens is 2. The van der Waals surface area contributed by atoms with E-state index in [9.17, 15) is 19.3 Å². The van der Waals surface area contributed by atoms with Crippen LogP contribution in [0.25, 0.3) is 11.3 Å². The molecule has 2 aromatic carbocycles. The highest BCUT2D eigenvalue weighted by Crippen LogP contribution is 2.32. The van der Waals surface area contributed by atoms with Crippen molar-refractivity contribution in [2.75, 3.05) is 31.1 Å². The van der Waals surface area contributed by atoms with Gasteiger partial charge in [0.2, 0.25) is 0 Å². The van der Waals surface area contributed by atoms with Gasteiger partial charge in [-0.25, -0.2) is 4.39 Å². The van der Waals surface area contributed by atoms with Crippen molar-refractivity contribution in [2.45, 2.75) is 0 Å². The predicted octanol–water partition coefficient (Wildman–Crippen LogP) is 4.61. The number of piperazine rings is 1. The van der Waals surface area contributed by atoms with E-state index < -0.39 is 4.92 Å². The summed E-state index contributed by atoms with van der Waals surface area (Å²) in [4.78, 5) is 27.2. The lowest BCUT2D eigenvalue weighted by Gasteiger charge is -2.35. The first-order valence-corrected chi connectivity index (χ1v) is 9.64. The second-order valence-electron chi connectivity index (χ2n) is 6.84. The molecular formula is C21H17ClFN3O4. The van der Waals surface area contributed by atoms with Crippen LogP contribution in [0.5, 0.6) is 0 Å². The van der Waals surface area contributed by atoms with Crippen LogP contribution in [0.15, 0.2) is 59.0 Å². The standard InChI is InChI=1S/C21H17ClFN3O4/c22-15-3-6-17(18(13-15)26(28)29)24-9-11-25(12-10-24)21(27)20-8-7-19(30-20)14-1-4-16(23)5-2-14/h1-8,13H,9-12H2. The summed E-state index contributed by atoms with van der Waals surface area (Å²) in [7, 11) is 0. The molecular weight excluding hydrogens is 413 g/mol. The molecule has 0 bridgehead atoms. The molecule has 7 nitrogen and oxygen atoms in total. The number of rotatable bonds is 4. The zero-order chi connectivity index (χ0) is 21.3. The fraction of sp³-hybridized carbons (Fsp3) is 0.190. The topological polar surface area (TPSA) is 79.8 Å². The number of carbonyl (C=O) groups is 1. The highest BCUT2D eigenvalue weighted by Gasteiger charge is 2.27. The molecule has 0 spiro atoms. The summed E-state index contributed by atoms with van der Waals surface area (Å²) < 4.78 is 18.8. The van der Waals surface area contributed by atoms with Gasteiger partial charge in [-0.05, 0) is 48.5 Å². The third-order valence-electron chi connectivity index (χ3n) is 4.99. The Kier molecular flexibility index (Phi) is 5.41. The maximum absolute atomic E-state index is 13.1. The van der Waals surface area contributed by atoms with Crippen LogP contribution >= 0.6 is 11.6 Å². The second kappa shape index (κ2) is 8.16. The summed E-state index contributed by atoms with van der Waals surface area (Å²) in [6, 6.07) is 13.7. The van der Waals surface area contributed by atoms with E-state index >= 15 is 0 Å². The van der Waals surface area contributed by atoms with Gasteiger partial charge in [0.25, 0.3) is 11.6 Å². The maximum atomic E-state index is 13.1. The third kappa shape index (κ3) is 3.99. The highest BCUT2D eigenvalue weighted by molar-refractivity contribution is 6.30. The molecule has 0 N–H and O–H groups in total. The van der Waals surface area contributed by atoms with Crippen LogP contribution in [0, 0.1) is 15.9 Å². The van der Waals surface area contributed by atoms with Gasteiger partial charge >= 0.3 is 0 Å². The number of anilines is 1. The van der Waals surface area contributed by atoms with Crippen LogP contribution in [0.4, 0.5) is 15.8 Å². The van der Waals surface area contributed by atoms with E-state index in [1.54, 1.807) is 41.3 Å². The molecule has 9 heteroatoms. The van der Waals surface area contributed by atoms with Crippen LogP contribution in [0.1, 0.15) is 10.6 Å². The van der Waals surface area contributed by atoms with Gasteiger partial charge < -0.3 is 14.2 Å². The monoisotopic (exact) mass is 429 g/mol. The van der Waals surface area contributed by atoms with Crippen molar-refractivity contribution in [3.05, 3.63) is 81.3 Å². The minimum absolute atomic E-state index is 0.0581. The van der Waals surface area contributed by atoms with Crippen molar-refractivity contribution < 1.29 is 18.5 Å². The molecule has 1 aliphatic rings. The number of furan rings is 1. The molecule has 4 rings (SSSR count). The summed E-state index contributed by atoms with van der Waals surface area (Å²) in [6.45, 7) is 1.68. The average molecular weight is 430 g/mol. The Morgan fingerprint density at radius 3 is 2.40 bits per heavy atom. The number of hydrogen-bond donors (Lipinski definition) is 0. The summed E-state index contributed by atoms with van der Waals surface area (Å²) in [5.74, 6) is 0.0723. The van der Waals surface area contributed by atoms with Gasteiger partial charge in [-0.3, -0.25) is 14.9 Å². The van der Waals surface area contributed by atoms with Crippen molar-refractivity contribution in [3.8, 4) is 11.3 Å². The highest BCUT2D eigenvalue weighted by atomic mass is 35.5. The van der Waals surface area contributed by atoms with Gasteiger partial charge in [0, 0.05) is 42.8 Å². The number of nitro benzene ring substituents is 1. The molecule has 154 valence electrons. The fourth-order valence-electron chi connectivity index (χ4n) is 3.44. The van der Waals surface area contributed by atoms with E-state index in [0.717, 1.165) is 0 Å². The van der Waals surface area contributed by atoms with Crippen LogP contribution in [0.2, 0.25) is 5.02 Å². The molecule has 0 atom stereocenters. The Labute approximate surface area is 176 Å². The van der Waals surface area contributed by atoms with Crippen molar-refractivity contribution in [2.24, 2.45) is 0 Å². The molecule has 1 amide bonds. The Hall–Kier alpha value is -3.39. The Morgan fingerprint density at radius 1 is 1.03 bits per heavy atom. The zero-order valence-corrected chi connectivity index (χ0v) is 16.5. The third-order valence-corrected chi connectivity index (χ3v) is 5.22. The second-order valence-corrected chi connectivity index (χ2v) is 7.28. The number of amides is 1. The lowest BCUT2D eigenvalue weighted by molar-refractivity contribution is -0.384. The number of nitrogens with zero attached hydrogens (tertiary/aromatic N) is 3. The van der Waals surface area contributed by atoms with Crippen LogP contribution in [-0.2, 0) is 0 Å². The lowest BCUT2D eigenvalue weighted by Crippen LogP contribution is -2.48. The summed E-state index contributed by atoms with van der Waals surface area (Å²) >= 11 is 5.88. The number of nitro groups is 1. The van der Waals surface area contributed by atoms with Crippen molar-refractivity contribution in [1.29, 1.82) is 0 Å². The van der Waals surface area contributed by atoms with E-state index in [-0.39, 0.29) is 23.2 Å². The molecule has 1 fully saturated rings. The minimum atomic E-state index is -0.460.